The molecule has 0 aliphatic carbocycles. The Balaban J connectivity index is 1.41. The first kappa shape index (κ1) is 25.9. The van der Waals surface area contributed by atoms with Gasteiger partial charge in [-0.25, -0.2) is 0 Å². The van der Waals surface area contributed by atoms with Crippen molar-refractivity contribution in [1.29, 1.82) is 0 Å². The Bertz CT molecular complexity index is 1440. The molecule has 4 aromatic rings. The number of piperazine rings is 1. The fourth-order valence-electron chi connectivity index (χ4n) is 4.93. The third-order valence-electron chi connectivity index (χ3n) is 6.88. The lowest BCUT2D eigenvalue weighted by Gasteiger charge is -2.43. The molecule has 0 radical (unpaired) electrons. The van der Waals surface area contributed by atoms with Gasteiger partial charge in [0.1, 0.15) is 6.61 Å². The molecule has 38 heavy (non-hydrogen) atoms. The van der Waals surface area contributed by atoms with Gasteiger partial charge in [0.15, 0.2) is 0 Å². The third-order valence-corrected chi connectivity index (χ3v) is 7.37. The van der Waals surface area contributed by atoms with Crippen LogP contribution in [0.2, 0.25) is 10.0 Å². The molecule has 3 aromatic carbocycles. The summed E-state index contributed by atoms with van der Waals surface area (Å²) in [4.78, 5) is 25.3. The van der Waals surface area contributed by atoms with Crippen molar-refractivity contribution in [2.45, 2.75) is 26.5 Å². The highest BCUT2D eigenvalue weighted by Crippen LogP contribution is 2.36. The second-order valence-electron chi connectivity index (χ2n) is 9.39. The third kappa shape index (κ3) is 5.30. The van der Waals surface area contributed by atoms with Crippen molar-refractivity contribution in [2.75, 3.05) is 30.3 Å². The van der Waals surface area contributed by atoms with Gasteiger partial charge in [0, 0.05) is 29.7 Å². The van der Waals surface area contributed by atoms with E-state index in [0.717, 1.165) is 16.8 Å². The fourth-order valence-corrected chi connectivity index (χ4v) is 5.24. The molecule has 2 N–H and O–H groups in total. The number of anilines is 2. The van der Waals surface area contributed by atoms with Gasteiger partial charge in [0.25, 0.3) is 5.91 Å². The number of nitrogen functional groups attached to an aromatic ring is 1. The first-order valence-corrected chi connectivity index (χ1v) is 13.2. The first-order valence-electron chi connectivity index (χ1n) is 12.4. The quantitative estimate of drug-likeness (QED) is 0.311. The Morgan fingerprint density at radius 2 is 1.71 bits per heavy atom. The lowest BCUT2D eigenvalue weighted by Crippen LogP contribution is -2.51. The molecule has 1 unspecified atom stereocenters. The van der Waals surface area contributed by atoms with Crippen LogP contribution in [-0.4, -0.2) is 40.4 Å². The molecule has 1 aromatic heterocycles. The summed E-state index contributed by atoms with van der Waals surface area (Å²) in [5.41, 5.74) is 11.8. The predicted molar refractivity (Wildman–Crippen MR) is 152 cm³/mol. The molecule has 0 saturated carbocycles. The molecule has 1 fully saturated rings. The molecule has 1 saturated heterocycles. The molecule has 2 heterocycles. The highest BCUT2D eigenvalue weighted by molar-refractivity contribution is 6.31. The summed E-state index contributed by atoms with van der Waals surface area (Å²) in [6.07, 6.45) is 0. The van der Waals surface area contributed by atoms with E-state index in [0.29, 0.717) is 58.9 Å². The number of carbonyl (C=O) groups excluding carboxylic acids is 1. The molecule has 1 aliphatic rings. The molecule has 1 aliphatic heterocycles. The summed E-state index contributed by atoms with van der Waals surface area (Å²) in [6.45, 7) is 5.65. The number of amides is 1. The number of benzene rings is 3. The molecular formula is C29H29Cl2N5O2. The van der Waals surface area contributed by atoms with Crippen molar-refractivity contribution in [2.24, 2.45) is 0 Å². The summed E-state index contributed by atoms with van der Waals surface area (Å²) in [5.74, 6) is -0.0720. The van der Waals surface area contributed by atoms with Gasteiger partial charge in [-0.2, -0.15) is 0 Å². The fraction of sp³-hybridized carbons (Fsp3) is 0.241. The van der Waals surface area contributed by atoms with Gasteiger partial charge in [0.05, 0.1) is 34.4 Å². The summed E-state index contributed by atoms with van der Waals surface area (Å²) < 4.78 is 0. The van der Waals surface area contributed by atoms with E-state index < -0.39 is 0 Å². The minimum absolute atomic E-state index is 0.0720. The van der Waals surface area contributed by atoms with Crippen LogP contribution in [0.25, 0.3) is 0 Å². The average Bonchev–Trinajstić information content (AvgIpc) is 3.20. The number of halogens is 2. The van der Waals surface area contributed by atoms with E-state index >= 15 is 0 Å². The summed E-state index contributed by atoms with van der Waals surface area (Å²) in [6, 6.07) is 23.0. The molecular weight excluding hydrogens is 521 g/mol. The Kier molecular flexibility index (Phi) is 7.49. The second-order valence-corrected chi connectivity index (χ2v) is 10.3. The number of hydrogen-bond donors (Lipinski definition) is 1. The van der Waals surface area contributed by atoms with E-state index in [1.807, 2.05) is 85.5 Å². The maximum Gasteiger partial charge on any atom is 0.257 e. The highest BCUT2D eigenvalue weighted by atomic mass is 35.5. The van der Waals surface area contributed by atoms with Gasteiger partial charge < -0.3 is 20.4 Å². The highest BCUT2D eigenvalue weighted by Gasteiger charge is 2.34. The topological polar surface area (TPSA) is 76.6 Å². The number of nitrogens with two attached hydrogens (primary N) is 1. The number of hydrogen-bond acceptors (Lipinski definition) is 5. The van der Waals surface area contributed by atoms with E-state index in [1.165, 1.54) is 4.85 Å². The molecule has 0 spiro atoms. The number of aryl methyl sites for hydroxylation is 1. The van der Waals surface area contributed by atoms with Crippen molar-refractivity contribution in [3.05, 3.63) is 111 Å². The molecule has 196 valence electrons. The Hall–Kier alpha value is -3.68. The van der Waals surface area contributed by atoms with Crippen LogP contribution in [0.3, 0.4) is 0 Å². The maximum atomic E-state index is 13.8. The second kappa shape index (κ2) is 11.0. The number of rotatable bonds is 6. The Morgan fingerprint density at radius 1 is 1.00 bits per heavy atom. The van der Waals surface area contributed by atoms with Crippen LogP contribution in [0, 0.1) is 13.8 Å². The molecule has 1 atom stereocenters. The van der Waals surface area contributed by atoms with Gasteiger partial charge in [-0.1, -0.05) is 65.7 Å². The van der Waals surface area contributed by atoms with E-state index in [9.17, 15) is 4.79 Å². The van der Waals surface area contributed by atoms with Gasteiger partial charge in [0.2, 0.25) is 0 Å². The van der Waals surface area contributed by atoms with Crippen molar-refractivity contribution in [3.63, 3.8) is 0 Å². The van der Waals surface area contributed by atoms with Crippen molar-refractivity contribution in [1.82, 2.24) is 14.8 Å². The van der Waals surface area contributed by atoms with Crippen LogP contribution in [0.15, 0.2) is 72.8 Å². The van der Waals surface area contributed by atoms with E-state index in [-0.39, 0.29) is 11.9 Å². The standard InChI is InChI=1S/C29H29Cl2N5O2/c1-19-28(20(2)36(33-19)38-18-21-6-4-3-5-7-21)29(37)34-14-15-35(26-13-12-24(31)16-25(26)32)27(17-34)22-8-10-23(30)11-9-22/h3-13,16,27H,14-15,17-18,32H2,1-2H3. The van der Waals surface area contributed by atoms with Crippen LogP contribution in [0.5, 0.6) is 0 Å². The molecule has 5 rings (SSSR count). The lowest BCUT2D eigenvalue weighted by molar-refractivity contribution is 0.0632. The van der Waals surface area contributed by atoms with E-state index in [1.54, 1.807) is 6.07 Å². The number of nitrogens with zero attached hydrogens (tertiary/aromatic N) is 4. The van der Waals surface area contributed by atoms with Crippen LogP contribution < -0.4 is 15.5 Å². The van der Waals surface area contributed by atoms with Gasteiger partial charge in [-0.3, -0.25) is 4.79 Å². The van der Waals surface area contributed by atoms with Gasteiger partial charge in [-0.15, -0.1) is 9.94 Å². The summed E-state index contributed by atoms with van der Waals surface area (Å²) in [5, 5.41) is 5.74. The monoisotopic (exact) mass is 549 g/mol. The largest absolute Gasteiger partial charge is 0.397 e. The number of carbonyl (C=O) groups is 1. The van der Waals surface area contributed by atoms with E-state index in [2.05, 4.69) is 10.00 Å². The van der Waals surface area contributed by atoms with Crippen LogP contribution in [0.4, 0.5) is 11.4 Å². The van der Waals surface area contributed by atoms with Gasteiger partial charge >= 0.3 is 0 Å². The zero-order chi connectivity index (χ0) is 26.8. The van der Waals surface area contributed by atoms with Crippen LogP contribution in [-0.2, 0) is 6.61 Å². The number of aromatic nitrogens is 2. The van der Waals surface area contributed by atoms with Crippen LogP contribution in [0.1, 0.15) is 38.9 Å². The minimum atomic E-state index is -0.126. The Labute approximate surface area is 232 Å². The maximum absolute atomic E-state index is 13.8. The summed E-state index contributed by atoms with van der Waals surface area (Å²) >= 11 is 12.3. The Morgan fingerprint density at radius 3 is 2.42 bits per heavy atom. The van der Waals surface area contributed by atoms with Crippen molar-refractivity contribution >= 4 is 40.5 Å². The molecule has 7 nitrogen and oxygen atoms in total. The van der Waals surface area contributed by atoms with Crippen LogP contribution >= 0.6 is 23.2 Å². The molecule has 9 heteroatoms. The molecule has 1 amide bonds. The smallest absolute Gasteiger partial charge is 0.257 e. The average molecular weight is 550 g/mol. The van der Waals surface area contributed by atoms with Gasteiger partial charge in [-0.05, 0) is 55.3 Å². The predicted octanol–water partition coefficient (Wildman–Crippen LogP) is 5.72. The SMILES string of the molecule is Cc1nn(OCc2ccccc2)c(C)c1C(=O)N1CCN(c2ccc(Cl)cc2N)C(c2ccc(Cl)cc2)C1. The first-order chi connectivity index (χ1) is 18.3. The normalized spacial score (nSPS) is 15.5. The molecule has 0 bridgehead atoms. The lowest BCUT2D eigenvalue weighted by atomic mass is 10.00. The zero-order valence-corrected chi connectivity index (χ0v) is 22.8. The zero-order valence-electron chi connectivity index (χ0n) is 21.3. The van der Waals surface area contributed by atoms with Crippen molar-refractivity contribution in [3.8, 4) is 0 Å². The summed E-state index contributed by atoms with van der Waals surface area (Å²) in [7, 11) is 0. The minimum Gasteiger partial charge on any atom is -0.397 e. The van der Waals surface area contributed by atoms with Crippen molar-refractivity contribution < 1.29 is 9.63 Å². The van der Waals surface area contributed by atoms with E-state index in [4.69, 9.17) is 33.8 Å².